The molecule has 0 spiro atoms. The molecule has 4 rings (SSSR count). The van der Waals surface area contributed by atoms with E-state index in [-0.39, 0.29) is 10.7 Å². The minimum Gasteiger partial charge on any atom is -0.317 e. The molecule has 1 aliphatic heterocycles. The highest BCUT2D eigenvalue weighted by atomic mass is 32.1. The van der Waals surface area contributed by atoms with Gasteiger partial charge in [0.05, 0.1) is 5.69 Å². The zero-order chi connectivity index (χ0) is 22.1. The minimum absolute atomic E-state index is 0.0397. The summed E-state index contributed by atoms with van der Waals surface area (Å²) in [4.78, 5) is 27.3. The Labute approximate surface area is 187 Å². The number of carbonyl (C=O) groups excluding carboxylic acids is 2. The van der Waals surface area contributed by atoms with E-state index >= 15 is 0 Å². The zero-order valence-electron chi connectivity index (χ0n) is 17.7. The SMILES string of the molecule is CCc1ccc(N2C(=O)C(=Cc3cccn3-c3ccc(C)cc3C)C(=O)NC2=S)cc1. The van der Waals surface area contributed by atoms with Crippen molar-refractivity contribution in [2.45, 2.75) is 27.2 Å². The second kappa shape index (κ2) is 8.32. The van der Waals surface area contributed by atoms with Gasteiger partial charge in [-0.2, -0.15) is 0 Å². The van der Waals surface area contributed by atoms with E-state index in [1.165, 1.54) is 10.5 Å². The summed E-state index contributed by atoms with van der Waals surface area (Å²) < 4.78 is 1.97. The molecule has 1 N–H and O–H groups in total. The fourth-order valence-electron chi connectivity index (χ4n) is 3.73. The number of aromatic nitrogens is 1. The molecule has 1 fully saturated rings. The lowest BCUT2D eigenvalue weighted by Gasteiger charge is -2.29. The van der Waals surface area contributed by atoms with Crippen LogP contribution in [0, 0.1) is 13.8 Å². The molecule has 2 amide bonds. The van der Waals surface area contributed by atoms with Crippen LogP contribution in [0.4, 0.5) is 5.69 Å². The number of nitrogens with one attached hydrogen (secondary N) is 1. The Morgan fingerprint density at radius 1 is 1.03 bits per heavy atom. The summed E-state index contributed by atoms with van der Waals surface area (Å²) in [5.41, 5.74) is 5.83. The van der Waals surface area contributed by atoms with Gasteiger partial charge in [-0.25, -0.2) is 0 Å². The number of benzene rings is 2. The fraction of sp³-hybridized carbons (Fsp3) is 0.160. The van der Waals surface area contributed by atoms with Gasteiger partial charge in [-0.15, -0.1) is 0 Å². The topological polar surface area (TPSA) is 54.3 Å². The van der Waals surface area contributed by atoms with E-state index in [0.717, 1.165) is 28.9 Å². The second-order valence-corrected chi connectivity index (χ2v) is 7.96. The summed E-state index contributed by atoms with van der Waals surface area (Å²) in [6, 6.07) is 17.5. The van der Waals surface area contributed by atoms with Crippen molar-refractivity contribution in [3.8, 4) is 5.69 Å². The third-order valence-electron chi connectivity index (χ3n) is 5.39. The lowest BCUT2D eigenvalue weighted by molar-refractivity contribution is -0.122. The van der Waals surface area contributed by atoms with Crippen molar-refractivity contribution in [1.29, 1.82) is 0 Å². The van der Waals surface area contributed by atoms with Crippen LogP contribution in [-0.4, -0.2) is 21.5 Å². The van der Waals surface area contributed by atoms with E-state index in [1.807, 2.05) is 73.1 Å². The molecule has 0 aliphatic carbocycles. The Hall–Kier alpha value is -3.51. The maximum atomic E-state index is 13.3. The molecule has 2 aromatic carbocycles. The molecule has 3 aromatic rings. The number of anilines is 1. The van der Waals surface area contributed by atoms with Gasteiger partial charge < -0.3 is 4.57 Å². The van der Waals surface area contributed by atoms with Crippen LogP contribution in [0.5, 0.6) is 0 Å². The number of thiocarbonyl (C=S) groups is 1. The number of hydrogen-bond acceptors (Lipinski definition) is 3. The fourth-order valence-corrected chi connectivity index (χ4v) is 4.01. The third-order valence-corrected chi connectivity index (χ3v) is 5.67. The summed E-state index contributed by atoms with van der Waals surface area (Å²) in [7, 11) is 0. The maximum absolute atomic E-state index is 13.3. The van der Waals surface area contributed by atoms with Gasteiger partial charge in [0.2, 0.25) is 0 Å². The first kappa shape index (κ1) is 20.8. The van der Waals surface area contributed by atoms with E-state index < -0.39 is 11.8 Å². The van der Waals surface area contributed by atoms with Crippen molar-refractivity contribution in [1.82, 2.24) is 9.88 Å². The van der Waals surface area contributed by atoms with E-state index in [9.17, 15) is 9.59 Å². The van der Waals surface area contributed by atoms with Crippen molar-refractivity contribution >= 4 is 40.9 Å². The van der Waals surface area contributed by atoms with Crippen LogP contribution in [0.3, 0.4) is 0 Å². The molecule has 1 saturated heterocycles. The molecular formula is C25H23N3O2S. The first-order valence-corrected chi connectivity index (χ1v) is 10.5. The molecule has 2 heterocycles. The van der Waals surface area contributed by atoms with Gasteiger partial charge in [0, 0.05) is 17.6 Å². The molecule has 1 aliphatic rings. The van der Waals surface area contributed by atoms with E-state index in [4.69, 9.17) is 12.2 Å². The molecule has 0 unspecified atom stereocenters. The zero-order valence-corrected chi connectivity index (χ0v) is 18.5. The van der Waals surface area contributed by atoms with Crippen LogP contribution in [0.15, 0.2) is 66.4 Å². The number of aryl methyl sites for hydroxylation is 3. The highest BCUT2D eigenvalue weighted by Gasteiger charge is 2.34. The predicted molar refractivity (Wildman–Crippen MR) is 127 cm³/mol. The number of hydrogen-bond donors (Lipinski definition) is 1. The van der Waals surface area contributed by atoms with Crippen molar-refractivity contribution < 1.29 is 9.59 Å². The predicted octanol–water partition coefficient (Wildman–Crippen LogP) is 4.49. The van der Waals surface area contributed by atoms with Crippen molar-refractivity contribution in [2.75, 3.05) is 4.90 Å². The van der Waals surface area contributed by atoms with Gasteiger partial charge in [0.1, 0.15) is 5.57 Å². The van der Waals surface area contributed by atoms with E-state index in [0.29, 0.717) is 5.69 Å². The highest BCUT2D eigenvalue weighted by Crippen LogP contribution is 2.24. The van der Waals surface area contributed by atoms with Gasteiger partial charge in [-0.1, -0.05) is 36.8 Å². The average Bonchev–Trinajstić information content (AvgIpc) is 3.19. The Kier molecular flexibility index (Phi) is 5.57. The molecule has 5 nitrogen and oxygen atoms in total. The lowest BCUT2D eigenvalue weighted by Crippen LogP contribution is -2.54. The number of amides is 2. The molecule has 0 radical (unpaired) electrons. The monoisotopic (exact) mass is 429 g/mol. The maximum Gasteiger partial charge on any atom is 0.270 e. The van der Waals surface area contributed by atoms with Gasteiger partial charge >= 0.3 is 0 Å². The Balaban J connectivity index is 1.74. The summed E-state index contributed by atoms with van der Waals surface area (Å²) in [5, 5.41) is 2.73. The second-order valence-electron chi connectivity index (χ2n) is 7.57. The molecule has 156 valence electrons. The third kappa shape index (κ3) is 3.94. The molecule has 0 bridgehead atoms. The normalized spacial score (nSPS) is 15.5. The summed E-state index contributed by atoms with van der Waals surface area (Å²) >= 11 is 5.30. The Morgan fingerprint density at radius 3 is 2.45 bits per heavy atom. The Bertz CT molecular complexity index is 1220. The molecule has 1 aromatic heterocycles. The highest BCUT2D eigenvalue weighted by molar-refractivity contribution is 7.80. The van der Waals surface area contributed by atoms with E-state index in [2.05, 4.69) is 18.3 Å². The largest absolute Gasteiger partial charge is 0.317 e. The van der Waals surface area contributed by atoms with E-state index in [1.54, 1.807) is 6.08 Å². The average molecular weight is 430 g/mol. The number of nitrogens with zero attached hydrogens (tertiary/aromatic N) is 2. The van der Waals surface area contributed by atoms with Crippen LogP contribution in [0.1, 0.15) is 29.3 Å². The quantitative estimate of drug-likeness (QED) is 0.378. The standard InChI is InChI=1S/C25H23N3O2S/c1-4-18-8-10-19(11-9-18)28-24(30)21(23(29)26-25(28)31)15-20-6-5-13-27(20)22-12-7-16(2)14-17(22)3/h5-15H,4H2,1-3H3,(H,26,29,31). The number of rotatable bonds is 4. The Morgan fingerprint density at radius 2 is 1.77 bits per heavy atom. The molecule has 31 heavy (non-hydrogen) atoms. The van der Waals surface area contributed by atoms with Gasteiger partial charge in [0.25, 0.3) is 11.8 Å². The molecule has 6 heteroatoms. The van der Waals surface area contributed by atoms with Gasteiger partial charge in [-0.05, 0) is 80.0 Å². The number of carbonyl (C=O) groups is 2. The minimum atomic E-state index is -0.496. The summed E-state index contributed by atoms with van der Waals surface area (Å²) in [5.74, 6) is -0.934. The lowest BCUT2D eigenvalue weighted by atomic mass is 10.1. The van der Waals surface area contributed by atoms with Crippen LogP contribution in [0.2, 0.25) is 0 Å². The van der Waals surface area contributed by atoms with Crippen LogP contribution < -0.4 is 10.2 Å². The van der Waals surface area contributed by atoms with Gasteiger partial charge in [-0.3, -0.25) is 19.8 Å². The smallest absolute Gasteiger partial charge is 0.270 e. The van der Waals surface area contributed by atoms with Gasteiger partial charge in [0.15, 0.2) is 5.11 Å². The van der Waals surface area contributed by atoms with Crippen LogP contribution >= 0.6 is 12.2 Å². The first-order chi connectivity index (χ1) is 14.9. The molecule has 0 saturated carbocycles. The summed E-state index contributed by atoms with van der Waals surface area (Å²) in [6.07, 6.45) is 4.43. The summed E-state index contributed by atoms with van der Waals surface area (Å²) in [6.45, 7) is 6.15. The molecular weight excluding hydrogens is 406 g/mol. The van der Waals surface area contributed by atoms with Crippen molar-refractivity contribution in [3.63, 3.8) is 0 Å². The van der Waals surface area contributed by atoms with Crippen LogP contribution in [-0.2, 0) is 16.0 Å². The molecule has 0 atom stereocenters. The van der Waals surface area contributed by atoms with Crippen molar-refractivity contribution in [2.24, 2.45) is 0 Å². The first-order valence-electron chi connectivity index (χ1n) is 10.1. The van der Waals surface area contributed by atoms with Crippen LogP contribution in [0.25, 0.3) is 11.8 Å². The van der Waals surface area contributed by atoms with Crippen molar-refractivity contribution in [3.05, 3.63) is 88.8 Å².